The van der Waals surface area contributed by atoms with Crippen molar-refractivity contribution in [3.8, 4) is 5.75 Å². The van der Waals surface area contributed by atoms with Gasteiger partial charge in [-0.1, -0.05) is 54.6 Å². The van der Waals surface area contributed by atoms with Crippen LogP contribution in [0.1, 0.15) is 37.1 Å². The van der Waals surface area contributed by atoms with E-state index in [-0.39, 0.29) is 11.7 Å². The van der Waals surface area contributed by atoms with Crippen molar-refractivity contribution < 1.29 is 18.4 Å². The van der Waals surface area contributed by atoms with Crippen LogP contribution in [0.5, 0.6) is 5.75 Å². The SMILES string of the molecule is [3H]C([3H])([3H])N1C(=O)[C@@]2(c3ccccc31)N(C)C[C@@H](c1ccc(OC)cc1)[C@@]21Cc2ccccc2C1=O. The van der Waals surface area contributed by atoms with Gasteiger partial charge in [0.25, 0.3) is 5.91 Å². The standard InChI is InChI=1S/C28H26N2O3/c1-29-17-23(18-12-14-20(33-3)15-13-18)27(16-19-8-4-5-9-21(19)25(27)31)28(29)22-10-6-7-11-24(22)30(2)26(28)32/h4-15,23H,16-17H2,1-3H3/t23-,27+,28+/m0/s1/i2T3. The van der Waals surface area contributed by atoms with Crippen molar-refractivity contribution in [3.05, 3.63) is 95.1 Å². The van der Waals surface area contributed by atoms with Gasteiger partial charge in [0.05, 0.1) is 12.5 Å². The zero-order valence-electron chi connectivity index (χ0n) is 21.5. The van der Waals surface area contributed by atoms with Gasteiger partial charge < -0.3 is 9.64 Å². The Morgan fingerprint density at radius 1 is 1.00 bits per heavy atom. The maximum Gasteiger partial charge on any atom is 0.253 e. The lowest BCUT2D eigenvalue weighted by Crippen LogP contribution is -2.59. The first-order chi connectivity index (χ1) is 17.2. The first-order valence-corrected chi connectivity index (χ1v) is 11.1. The van der Waals surface area contributed by atoms with Gasteiger partial charge in [0.2, 0.25) is 0 Å². The normalized spacial score (nSPS) is 29.8. The van der Waals surface area contributed by atoms with Crippen LogP contribution in [0, 0.1) is 5.41 Å². The van der Waals surface area contributed by atoms with Gasteiger partial charge in [0, 0.05) is 40.4 Å². The summed E-state index contributed by atoms with van der Waals surface area (Å²) in [6.07, 6.45) is 0.345. The van der Waals surface area contributed by atoms with Gasteiger partial charge >= 0.3 is 0 Å². The molecule has 3 atom stereocenters. The van der Waals surface area contributed by atoms with Gasteiger partial charge in [0.1, 0.15) is 11.3 Å². The average molecular weight is 445 g/mol. The Morgan fingerprint density at radius 3 is 2.45 bits per heavy atom. The number of amides is 1. The van der Waals surface area contributed by atoms with Crippen LogP contribution in [-0.4, -0.2) is 44.3 Å². The van der Waals surface area contributed by atoms with Crippen LogP contribution in [-0.2, 0) is 16.8 Å². The molecule has 166 valence electrons. The molecule has 0 bridgehead atoms. The van der Waals surface area contributed by atoms with Gasteiger partial charge in [0.15, 0.2) is 5.78 Å². The number of hydrogen-bond donors (Lipinski definition) is 0. The fraction of sp³-hybridized carbons (Fsp3) is 0.286. The van der Waals surface area contributed by atoms with Crippen molar-refractivity contribution in [2.75, 3.05) is 32.6 Å². The number of ketones is 1. The molecule has 2 spiro atoms. The van der Waals surface area contributed by atoms with E-state index in [0.29, 0.717) is 35.5 Å². The highest BCUT2D eigenvalue weighted by atomic mass is 16.5. The summed E-state index contributed by atoms with van der Waals surface area (Å²) in [7, 11) is 3.43. The highest BCUT2D eigenvalue weighted by Gasteiger charge is 2.75. The van der Waals surface area contributed by atoms with Crippen molar-refractivity contribution in [1.29, 1.82) is 0 Å². The molecule has 1 amide bonds. The maximum atomic E-state index is 14.6. The lowest BCUT2D eigenvalue weighted by molar-refractivity contribution is -0.132. The molecule has 1 aliphatic carbocycles. The number of ether oxygens (including phenoxy) is 1. The number of anilines is 1. The molecule has 1 fully saturated rings. The topological polar surface area (TPSA) is 49.9 Å². The van der Waals surface area contributed by atoms with E-state index in [2.05, 4.69) is 0 Å². The fourth-order valence-electron chi connectivity index (χ4n) is 6.64. The zero-order valence-corrected chi connectivity index (χ0v) is 18.5. The molecule has 0 radical (unpaired) electrons. The predicted molar refractivity (Wildman–Crippen MR) is 127 cm³/mol. The minimum atomic E-state index is -2.69. The van der Waals surface area contributed by atoms with E-state index in [1.165, 1.54) is 0 Å². The molecule has 3 aromatic rings. The van der Waals surface area contributed by atoms with Crippen molar-refractivity contribution in [3.63, 3.8) is 0 Å². The van der Waals surface area contributed by atoms with Gasteiger partial charge in [-0.05, 0) is 42.8 Å². The molecular weight excluding hydrogens is 412 g/mol. The summed E-state index contributed by atoms with van der Waals surface area (Å²) in [4.78, 5) is 32.0. The van der Waals surface area contributed by atoms with E-state index < -0.39 is 23.8 Å². The summed E-state index contributed by atoms with van der Waals surface area (Å²) in [5.41, 5.74) is 0.639. The number of likely N-dealkylation sites (N-methyl/N-ethyl adjacent to an activating group) is 2. The third-order valence-electron chi connectivity index (χ3n) is 7.97. The van der Waals surface area contributed by atoms with Gasteiger partial charge in [-0.2, -0.15) is 0 Å². The first-order valence-electron chi connectivity index (χ1n) is 12.6. The molecule has 6 rings (SSSR count). The number of Topliss-reactive ketones (excluding diaryl/α,β-unsaturated/α-hetero) is 1. The highest BCUT2D eigenvalue weighted by Crippen LogP contribution is 2.67. The van der Waals surface area contributed by atoms with E-state index in [1.807, 2.05) is 72.6 Å². The molecule has 1 saturated heterocycles. The average Bonchev–Trinajstić information content (AvgIpc) is 3.42. The van der Waals surface area contributed by atoms with Crippen molar-refractivity contribution in [2.45, 2.75) is 17.9 Å². The number of nitrogens with zero attached hydrogens (tertiary/aromatic N) is 2. The Kier molecular flexibility index (Phi) is 3.51. The van der Waals surface area contributed by atoms with Crippen molar-refractivity contribution in [2.24, 2.45) is 5.41 Å². The second-order valence-corrected chi connectivity index (χ2v) is 9.21. The minimum absolute atomic E-state index is 0.112. The number of methoxy groups -OCH3 is 1. The predicted octanol–water partition coefficient (Wildman–Crippen LogP) is 4.02. The number of hydrogen-bond acceptors (Lipinski definition) is 4. The molecule has 5 heteroatoms. The van der Waals surface area contributed by atoms with E-state index in [0.717, 1.165) is 16.0 Å². The summed E-state index contributed by atoms with van der Waals surface area (Å²) < 4.78 is 30.0. The van der Waals surface area contributed by atoms with Crippen LogP contribution >= 0.6 is 0 Å². The summed E-state index contributed by atoms with van der Waals surface area (Å²) in [6, 6.07) is 22.1. The third kappa shape index (κ3) is 2.25. The van der Waals surface area contributed by atoms with Crippen LogP contribution < -0.4 is 9.64 Å². The number of rotatable bonds is 2. The van der Waals surface area contributed by atoms with Crippen LogP contribution in [0.3, 0.4) is 0 Å². The molecule has 0 N–H and O–H groups in total. The Bertz CT molecular complexity index is 1400. The number of benzene rings is 3. The fourth-order valence-corrected chi connectivity index (χ4v) is 6.64. The summed E-state index contributed by atoms with van der Waals surface area (Å²) in [6.45, 7) is -2.27. The summed E-state index contributed by atoms with van der Waals surface area (Å²) in [5.74, 6) is -0.324. The van der Waals surface area contributed by atoms with Crippen LogP contribution in [0.4, 0.5) is 5.69 Å². The number of carbonyl (C=O) groups is 2. The van der Waals surface area contributed by atoms with Gasteiger partial charge in [-0.3, -0.25) is 14.5 Å². The van der Waals surface area contributed by atoms with Crippen molar-refractivity contribution in [1.82, 2.24) is 4.90 Å². The molecule has 5 nitrogen and oxygen atoms in total. The number of fused-ring (bicyclic) bond motifs is 4. The molecule has 33 heavy (non-hydrogen) atoms. The molecule has 3 aliphatic rings. The summed E-state index contributed by atoms with van der Waals surface area (Å²) >= 11 is 0. The molecule has 0 aromatic heterocycles. The second kappa shape index (κ2) is 6.78. The Hall–Kier alpha value is -3.44. The van der Waals surface area contributed by atoms with Crippen LogP contribution in [0.2, 0.25) is 0 Å². The van der Waals surface area contributed by atoms with Gasteiger partial charge in [-0.15, -0.1) is 0 Å². The molecular formula is C28H26N2O3. The third-order valence-corrected chi connectivity index (χ3v) is 7.97. The smallest absolute Gasteiger partial charge is 0.253 e. The largest absolute Gasteiger partial charge is 0.497 e. The molecule has 2 aliphatic heterocycles. The number of likely N-dealkylation sites (tertiary alicyclic amines) is 1. The van der Waals surface area contributed by atoms with E-state index in [1.54, 1.807) is 19.2 Å². The van der Waals surface area contributed by atoms with Crippen LogP contribution in [0.25, 0.3) is 0 Å². The molecule has 3 aromatic carbocycles. The Labute approximate surface area is 197 Å². The van der Waals surface area contributed by atoms with E-state index in [9.17, 15) is 9.59 Å². The molecule has 2 heterocycles. The Morgan fingerprint density at radius 2 is 1.73 bits per heavy atom. The van der Waals surface area contributed by atoms with E-state index in [4.69, 9.17) is 8.85 Å². The lowest BCUT2D eigenvalue weighted by Gasteiger charge is -2.44. The van der Waals surface area contributed by atoms with Gasteiger partial charge in [-0.25, -0.2) is 0 Å². The van der Waals surface area contributed by atoms with Crippen LogP contribution in [0.15, 0.2) is 72.8 Å². The number of carbonyl (C=O) groups excluding carboxylic acids is 2. The minimum Gasteiger partial charge on any atom is -0.497 e. The lowest BCUT2D eigenvalue weighted by atomic mass is 9.59. The highest BCUT2D eigenvalue weighted by molar-refractivity contribution is 6.16. The molecule has 0 saturated carbocycles. The first kappa shape index (κ1) is 17.1. The van der Waals surface area contributed by atoms with E-state index >= 15 is 0 Å². The quantitative estimate of drug-likeness (QED) is 0.599. The second-order valence-electron chi connectivity index (χ2n) is 9.21. The van der Waals surface area contributed by atoms with Crippen molar-refractivity contribution >= 4 is 17.4 Å². The number of para-hydroxylation sites is 1. The molecule has 0 unspecified atom stereocenters. The summed E-state index contributed by atoms with van der Waals surface area (Å²) in [5, 5.41) is 0. The monoisotopic (exact) mass is 444 g/mol. The Balaban J connectivity index is 1.67. The maximum absolute atomic E-state index is 14.6. The zero-order chi connectivity index (χ0) is 25.5.